The Kier molecular flexibility index (Phi) is 5.29. The average molecular weight is 392 g/mol. The zero-order valence-corrected chi connectivity index (χ0v) is 16.6. The molecule has 0 unspecified atom stereocenters. The smallest absolute Gasteiger partial charge is 0.253 e. The molecule has 0 saturated heterocycles. The van der Waals surface area contributed by atoms with E-state index >= 15 is 0 Å². The van der Waals surface area contributed by atoms with Gasteiger partial charge in [-0.25, -0.2) is 4.98 Å². The minimum absolute atomic E-state index is 0.00812. The Labute approximate surface area is 169 Å². The van der Waals surface area contributed by atoms with E-state index in [1.54, 1.807) is 35.5 Å². The van der Waals surface area contributed by atoms with Crippen molar-refractivity contribution in [3.63, 3.8) is 0 Å². The molecule has 4 rings (SSSR count). The monoisotopic (exact) mass is 392 g/mol. The average Bonchev–Trinajstić information content (AvgIpc) is 3.40. The highest BCUT2D eigenvalue weighted by Crippen LogP contribution is 2.30. The molecule has 0 spiro atoms. The number of rotatable bonds is 5. The molecule has 3 aromatic rings. The Bertz CT molecular complexity index is 995. The van der Waals surface area contributed by atoms with E-state index in [0.717, 1.165) is 23.9 Å². The van der Waals surface area contributed by atoms with Crippen molar-refractivity contribution in [1.29, 1.82) is 0 Å². The Morgan fingerprint density at radius 2 is 2.00 bits per heavy atom. The van der Waals surface area contributed by atoms with Gasteiger partial charge in [-0.2, -0.15) is 0 Å². The van der Waals surface area contributed by atoms with Crippen molar-refractivity contribution in [3.8, 4) is 11.5 Å². The minimum Gasteiger partial charge on any atom is -0.434 e. The summed E-state index contributed by atoms with van der Waals surface area (Å²) in [7, 11) is 1.81. The summed E-state index contributed by atoms with van der Waals surface area (Å²) in [6.07, 6.45) is 5.68. The zero-order chi connectivity index (χ0) is 20.4. The molecule has 1 saturated carbocycles. The second-order valence-electron chi connectivity index (χ2n) is 7.41. The van der Waals surface area contributed by atoms with Crippen molar-refractivity contribution in [2.24, 2.45) is 5.92 Å². The maximum atomic E-state index is 12.9. The normalized spacial score (nSPS) is 18.7. The number of carbonyl (C=O) groups excluding carboxylic acids is 2. The van der Waals surface area contributed by atoms with Gasteiger partial charge < -0.3 is 14.6 Å². The molecule has 150 valence electrons. The number of aromatic nitrogens is 2. The molecule has 0 bridgehead atoms. The summed E-state index contributed by atoms with van der Waals surface area (Å²) < 4.78 is 5.73. The summed E-state index contributed by atoms with van der Waals surface area (Å²) >= 11 is 0. The van der Waals surface area contributed by atoms with Gasteiger partial charge in [-0.15, -0.1) is 0 Å². The molecule has 0 aliphatic heterocycles. The lowest BCUT2D eigenvalue weighted by atomic mass is 10.1. The van der Waals surface area contributed by atoms with Crippen LogP contribution in [0.2, 0.25) is 0 Å². The number of nitrogens with zero attached hydrogens (tertiary/aromatic N) is 3. The van der Waals surface area contributed by atoms with Crippen molar-refractivity contribution in [2.45, 2.75) is 32.2 Å². The van der Waals surface area contributed by atoms with E-state index in [2.05, 4.69) is 15.3 Å². The van der Waals surface area contributed by atoms with Crippen LogP contribution in [-0.2, 0) is 4.79 Å². The number of benzene rings is 1. The number of hydrogen-bond donors (Lipinski definition) is 1. The molecule has 2 atom stereocenters. The fourth-order valence-electron chi connectivity index (χ4n) is 3.89. The van der Waals surface area contributed by atoms with Gasteiger partial charge in [0.05, 0.1) is 6.20 Å². The fourth-order valence-corrected chi connectivity index (χ4v) is 3.89. The summed E-state index contributed by atoms with van der Waals surface area (Å²) in [5.41, 5.74) is 2.79. The molecule has 1 fully saturated rings. The summed E-state index contributed by atoms with van der Waals surface area (Å²) in [6.45, 7) is 2.55. The SMILES string of the molecule is CCNC(=O)[C@H]1CC[C@@H](N(C)C(=O)c2ccc(-c3nc4ccncc4o3)cc2)C1. The molecule has 1 aromatic carbocycles. The van der Waals surface area contributed by atoms with Gasteiger partial charge in [0.1, 0.15) is 5.52 Å². The Balaban J connectivity index is 1.44. The number of nitrogens with one attached hydrogen (secondary N) is 1. The maximum Gasteiger partial charge on any atom is 0.253 e. The molecule has 0 radical (unpaired) electrons. The predicted octanol–water partition coefficient (Wildman–Crippen LogP) is 3.27. The molecule has 1 aliphatic rings. The third-order valence-corrected chi connectivity index (χ3v) is 5.56. The molecule has 29 heavy (non-hydrogen) atoms. The van der Waals surface area contributed by atoms with E-state index in [-0.39, 0.29) is 23.8 Å². The lowest BCUT2D eigenvalue weighted by Gasteiger charge is -2.25. The zero-order valence-electron chi connectivity index (χ0n) is 16.6. The van der Waals surface area contributed by atoms with Crippen LogP contribution < -0.4 is 5.32 Å². The number of hydrogen-bond acceptors (Lipinski definition) is 5. The van der Waals surface area contributed by atoms with Crippen LogP contribution in [0.4, 0.5) is 0 Å². The first-order chi connectivity index (χ1) is 14.1. The van der Waals surface area contributed by atoms with E-state index < -0.39 is 0 Å². The molecule has 2 amide bonds. The van der Waals surface area contributed by atoms with E-state index in [0.29, 0.717) is 30.0 Å². The van der Waals surface area contributed by atoms with Crippen molar-refractivity contribution in [1.82, 2.24) is 20.2 Å². The van der Waals surface area contributed by atoms with E-state index in [1.165, 1.54) is 0 Å². The van der Waals surface area contributed by atoms with Crippen LogP contribution in [0.15, 0.2) is 47.1 Å². The Morgan fingerprint density at radius 3 is 2.72 bits per heavy atom. The standard InChI is InChI=1S/C22H24N4O3/c1-3-24-20(27)16-8-9-17(12-16)26(2)22(28)15-6-4-14(5-7-15)21-25-18-10-11-23-13-19(18)29-21/h4-7,10-11,13,16-17H,3,8-9,12H2,1-2H3,(H,24,27)/t16-,17+/m0/s1. The van der Waals surface area contributed by atoms with E-state index in [9.17, 15) is 9.59 Å². The first-order valence-corrected chi connectivity index (χ1v) is 9.92. The second kappa shape index (κ2) is 8.03. The molecule has 1 N–H and O–H groups in total. The number of pyridine rings is 1. The van der Waals surface area contributed by atoms with Gasteiger partial charge in [0.2, 0.25) is 11.8 Å². The van der Waals surface area contributed by atoms with Crippen molar-refractivity contribution in [2.75, 3.05) is 13.6 Å². The summed E-state index contributed by atoms with van der Waals surface area (Å²) in [6, 6.07) is 9.13. The molecule has 7 nitrogen and oxygen atoms in total. The van der Waals surface area contributed by atoms with Crippen LogP contribution in [0.1, 0.15) is 36.5 Å². The summed E-state index contributed by atoms with van der Waals surface area (Å²) in [5.74, 6) is 0.542. The third kappa shape index (κ3) is 3.85. The maximum absolute atomic E-state index is 12.9. The molecular weight excluding hydrogens is 368 g/mol. The summed E-state index contributed by atoms with van der Waals surface area (Å²) in [4.78, 5) is 35.2. The Morgan fingerprint density at radius 1 is 1.21 bits per heavy atom. The van der Waals surface area contributed by atoms with Gasteiger partial charge >= 0.3 is 0 Å². The van der Waals surface area contributed by atoms with Crippen LogP contribution in [0.25, 0.3) is 22.6 Å². The lowest BCUT2D eigenvalue weighted by molar-refractivity contribution is -0.124. The largest absolute Gasteiger partial charge is 0.434 e. The van der Waals surface area contributed by atoms with Gasteiger partial charge in [-0.1, -0.05) is 0 Å². The molecule has 1 aliphatic carbocycles. The molecule has 2 aromatic heterocycles. The highest BCUT2D eigenvalue weighted by atomic mass is 16.3. The van der Waals surface area contributed by atoms with Crippen LogP contribution in [-0.4, -0.2) is 46.3 Å². The topological polar surface area (TPSA) is 88.3 Å². The first-order valence-electron chi connectivity index (χ1n) is 9.92. The second-order valence-corrected chi connectivity index (χ2v) is 7.41. The van der Waals surface area contributed by atoms with Crippen molar-refractivity contribution in [3.05, 3.63) is 48.3 Å². The van der Waals surface area contributed by atoms with Crippen LogP contribution in [0.3, 0.4) is 0 Å². The van der Waals surface area contributed by atoms with E-state index in [4.69, 9.17) is 4.42 Å². The fraction of sp³-hybridized carbons (Fsp3) is 0.364. The van der Waals surface area contributed by atoms with Gasteiger partial charge in [-0.05, 0) is 56.5 Å². The number of carbonyl (C=O) groups is 2. The predicted molar refractivity (Wildman–Crippen MR) is 109 cm³/mol. The van der Waals surface area contributed by atoms with Crippen LogP contribution in [0, 0.1) is 5.92 Å². The van der Waals surface area contributed by atoms with Gasteiger partial charge in [-0.3, -0.25) is 14.6 Å². The third-order valence-electron chi connectivity index (χ3n) is 5.56. The molecule has 7 heteroatoms. The van der Waals surface area contributed by atoms with Crippen LogP contribution in [0.5, 0.6) is 0 Å². The first kappa shape index (κ1) is 19.1. The highest BCUT2D eigenvalue weighted by Gasteiger charge is 2.33. The Hall–Kier alpha value is -3.22. The quantitative estimate of drug-likeness (QED) is 0.720. The highest BCUT2D eigenvalue weighted by molar-refractivity contribution is 5.94. The summed E-state index contributed by atoms with van der Waals surface area (Å²) in [5, 5.41) is 2.88. The van der Waals surface area contributed by atoms with Crippen LogP contribution >= 0.6 is 0 Å². The van der Waals surface area contributed by atoms with E-state index in [1.807, 2.05) is 26.1 Å². The lowest BCUT2D eigenvalue weighted by Crippen LogP contribution is -2.36. The van der Waals surface area contributed by atoms with Gasteiger partial charge in [0.25, 0.3) is 5.91 Å². The van der Waals surface area contributed by atoms with Gasteiger partial charge in [0.15, 0.2) is 5.58 Å². The van der Waals surface area contributed by atoms with Crippen molar-refractivity contribution < 1.29 is 14.0 Å². The molecule has 2 heterocycles. The number of oxazole rings is 1. The number of amides is 2. The molecular formula is C22H24N4O3. The minimum atomic E-state index is -0.0418. The van der Waals surface area contributed by atoms with Crippen molar-refractivity contribution >= 4 is 22.9 Å². The van der Waals surface area contributed by atoms with Gasteiger partial charge in [0, 0.05) is 42.9 Å². The number of fused-ring (bicyclic) bond motifs is 1.